The van der Waals surface area contributed by atoms with Gasteiger partial charge in [0.15, 0.2) is 9.84 Å². The first-order chi connectivity index (χ1) is 15.3. The van der Waals surface area contributed by atoms with Gasteiger partial charge in [0, 0.05) is 18.4 Å². The first kappa shape index (κ1) is 24.9. The Balaban J connectivity index is 1.55. The molecule has 1 aliphatic carbocycles. The predicted molar refractivity (Wildman–Crippen MR) is 104 cm³/mol. The Morgan fingerprint density at radius 2 is 1.58 bits per heavy atom. The van der Waals surface area contributed by atoms with Gasteiger partial charge in [0.05, 0.1) is 21.8 Å². The summed E-state index contributed by atoms with van der Waals surface area (Å²) in [6.45, 7) is 0. The quantitative estimate of drug-likeness (QED) is 0.626. The maximum Gasteiger partial charge on any atom is 0.451 e. The van der Waals surface area contributed by atoms with Gasteiger partial charge < -0.3 is 5.32 Å². The van der Waals surface area contributed by atoms with Crippen molar-refractivity contribution in [2.24, 2.45) is 5.92 Å². The molecule has 1 aromatic heterocycles. The third-order valence-corrected chi connectivity index (χ3v) is 7.21. The van der Waals surface area contributed by atoms with Gasteiger partial charge >= 0.3 is 12.4 Å². The summed E-state index contributed by atoms with van der Waals surface area (Å²) < 4.78 is 101. The second-order valence-corrected chi connectivity index (χ2v) is 9.83. The number of hydrogen-bond donors (Lipinski definition) is 1. The van der Waals surface area contributed by atoms with Crippen molar-refractivity contribution in [2.45, 2.75) is 49.0 Å². The van der Waals surface area contributed by atoms with Gasteiger partial charge in [0.2, 0.25) is 5.82 Å². The molecule has 13 heteroatoms. The van der Waals surface area contributed by atoms with E-state index in [-0.39, 0.29) is 23.3 Å². The van der Waals surface area contributed by atoms with Crippen molar-refractivity contribution in [3.05, 3.63) is 53.6 Å². The first-order valence-electron chi connectivity index (χ1n) is 9.86. The van der Waals surface area contributed by atoms with Crippen LogP contribution in [0.3, 0.4) is 0 Å². The predicted octanol–water partition coefficient (Wildman–Crippen LogP) is 4.28. The molecule has 1 amide bonds. The van der Waals surface area contributed by atoms with Gasteiger partial charge in [-0.05, 0) is 49.8 Å². The summed E-state index contributed by atoms with van der Waals surface area (Å²) in [7, 11) is -3.94. The molecule has 0 unspecified atom stereocenters. The average Bonchev–Trinajstić information content (AvgIpc) is 2.74. The smallest absolute Gasteiger partial charge is 0.349 e. The van der Waals surface area contributed by atoms with E-state index in [4.69, 9.17) is 0 Å². The second-order valence-electron chi connectivity index (χ2n) is 7.79. The number of halogens is 6. The van der Waals surface area contributed by atoms with Crippen LogP contribution in [-0.4, -0.2) is 36.1 Å². The Morgan fingerprint density at radius 1 is 0.970 bits per heavy atom. The lowest BCUT2D eigenvalue weighted by Crippen LogP contribution is -2.38. The summed E-state index contributed by atoms with van der Waals surface area (Å²) >= 11 is 0. The lowest BCUT2D eigenvalue weighted by Gasteiger charge is -2.29. The highest BCUT2D eigenvalue weighted by molar-refractivity contribution is 7.91. The number of aromatic nitrogens is 2. The third-order valence-electron chi connectivity index (χ3n) is 5.33. The third kappa shape index (κ3) is 6.42. The zero-order valence-electron chi connectivity index (χ0n) is 16.9. The van der Waals surface area contributed by atoms with Crippen molar-refractivity contribution in [3.8, 4) is 0 Å². The van der Waals surface area contributed by atoms with Crippen LogP contribution in [0, 0.1) is 5.92 Å². The van der Waals surface area contributed by atoms with Crippen LogP contribution in [0.15, 0.2) is 41.6 Å². The van der Waals surface area contributed by atoms with E-state index < -0.39 is 44.4 Å². The molecule has 0 aliphatic heterocycles. The van der Waals surface area contributed by atoms with Crippen LogP contribution in [0.4, 0.5) is 26.3 Å². The van der Waals surface area contributed by atoms with Gasteiger partial charge in [0.25, 0.3) is 5.91 Å². The molecule has 2 aromatic rings. The number of sulfone groups is 1. The molecule has 0 bridgehead atoms. The minimum Gasteiger partial charge on any atom is -0.349 e. The van der Waals surface area contributed by atoms with E-state index in [1.165, 1.54) is 0 Å². The molecule has 0 saturated heterocycles. The largest absolute Gasteiger partial charge is 0.451 e. The molecular weight excluding hydrogens is 476 g/mol. The Bertz CT molecular complexity index is 1090. The summed E-state index contributed by atoms with van der Waals surface area (Å²) in [5, 5.41) is 2.66. The molecule has 0 atom stereocenters. The number of carbonyl (C=O) groups excluding carboxylic acids is 1. The fraction of sp³-hybridized carbons (Fsp3) is 0.450. The monoisotopic (exact) mass is 495 g/mol. The lowest BCUT2D eigenvalue weighted by atomic mass is 9.87. The normalized spacial score (nSPS) is 19.8. The van der Waals surface area contributed by atoms with Gasteiger partial charge in [-0.2, -0.15) is 26.3 Å². The Hall–Kier alpha value is -2.70. The van der Waals surface area contributed by atoms with Gasteiger partial charge in [-0.3, -0.25) is 4.79 Å². The number of hydrogen-bond acceptors (Lipinski definition) is 5. The molecular formula is C20H19F6N3O3S. The molecule has 0 radical (unpaired) electrons. The van der Waals surface area contributed by atoms with Crippen LogP contribution in [0.1, 0.15) is 47.4 Å². The Labute approximate surface area is 185 Å². The second kappa shape index (κ2) is 9.27. The number of nitrogens with zero attached hydrogens (tertiary/aromatic N) is 2. The molecule has 1 N–H and O–H groups in total. The summed E-state index contributed by atoms with van der Waals surface area (Å²) in [5.41, 5.74) is -1.18. The molecule has 0 spiro atoms. The molecule has 3 rings (SSSR count). The van der Waals surface area contributed by atoms with Gasteiger partial charge in [0.1, 0.15) is 0 Å². The number of benzene rings is 1. The van der Waals surface area contributed by atoms with Crippen LogP contribution in [0.5, 0.6) is 0 Å². The summed E-state index contributed by atoms with van der Waals surface area (Å²) in [6, 6.07) is 3.27. The average molecular weight is 495 g/mol. The van der Waals surface area contributed by atoms with E-state index in [9.17, 15) is 39.6 Å². The zero-order valence-corrected chi connectivity index (χ0v) is 17.8. The van der Waals surface area contributed by atoms with Crippen molar-refractivity contribution in [1.29, 1.82) is 0 Å². The molecule has 6 nitrogen and oxygen atoms in total. The molecule has 1 heterocycles. The van der Waals surface area contributed by atoms with Crippen LogP contribution in [0.25, 0.3) is 0 Å². The number of alkyl halides is 6. The fourth-order valence-electron chi connectivity index (χ4n) is 3.61. The first-order valence-corrected chi connectivity index (χ1v) is 11.5. The number of carbonyl (C=O) groups is 1. The number of amides is 1. The minimum absolute atomic E-state index is 0.141. The van der Waals surface area contributed by atoms with E-state index >= 15 is 0 Å². The molecule has 1 aromatic carbocycles. The van der Waals surface area contributed by atoms with Gasteiger partial charge in [-0.15, -0.1) is 0 Å². The van der Waals surface area contributed by atoms with Crippen LogP contribution in [0.2, 0.25) is 0 Å². The van der Waals surface area contributed by atoms with Gasteiger partial charge in [-0.1, -0.05) is 6.07 Å². The summed E-state index contributed by atoms with van der Waals surface area (Å²) in [5.74, 6) is -2.63. The van der Waals surface area contributed by atoms with Crippen LogP contribution in [-0.2, 0) is 22.2 Å². The Morgan fingerprint density at radius 3 is 2.12 bits per heavy atom. The molecule has 1 fully saturated rings. The van der Waals surface area contributed by atoms with Crippen LogP contribution >= 0.6 is 0 Å². The lowest BCUT2D eigenvalue weighted by molar-refractivity contribution is -0.145. The van der Waals surface area contributed by atoms with Crippen LogP contribution < -0.4 is 5.32 Å². The minimum atomic E-state index is -4.72. The Kier molecular flexibility index (Phi) is 7.01. The van der Waals surface area contributed by atoms with E-state index in [1.807, 2.05) is 0 Å². The van der Waals surface area contributed by atoms with Gasteiger partial charge in [-0.25, -0.2) is 18.4 Å². The standard InChI is InChI=1S/C20H19F6N3O3S/c21-19(22,23)14-2-1-3-16(8-14)33(31,32)11-12-4-6-15(7-5-12)29-17(30)13-9-27-18(28-10-13)20(24,25)26/h1-3,8-10,12,15H,4-7,11H2,(H,29,30). The van der Waals surface area contributed by atoms with E-state index in [1.54, 1.807) is 0 Å². The summed E-state index contributed by atoms with van der Waals surface area (Å²) in [4.78, 5) is 18.1. The van der Waals surface area contributed by atoms with Crippen molar-refractivity contribution >= 4 is 15.7 Å². The molecule has 1 aliphatic rings. The molecule has 33 heavy (non-hydrogen) atoms. The zero-order chi connectivity index (χ0) is 24.4. The van der Waals surface area contributed by atoms with E-state index in [0.29, 0.717) is 31.7 Å². The maximum absolute atomic E-state index is 12.9. The SMILES string of the molecule is O=C(NC1CCC(CS(=O)(=O)c2cccc(C(F)(F)F)c2)CC1)c1cnc(C(F)(F)F)nc1. The fourth-order valence-corrected chi connectivity index (χ4v) is 5.35. The van der Waals surface area contributed by atoms with Crippen molar-refractivity contribution < 1.29 is 39.6 Å². The molecule has 180 valence electrons. The van der Waals surface area contributed by atoms with E-state index in [0.717, 1.165) is 30.6 Å². The highest BCUT2D eigenvalue weighted by atomic mass is 32.2. The topological polar surface area (TPSA) is 89.0 Å². The number of rotatable bonds is 5. The number of nitrogens with one attached hydrogen (secondary N) is 1. The molecule has 1 saturated carbocycles. The van der Waals surface area contributed by atoms with E-state index in [2.05, 4.69) is 15.3 Å². The van der Waals surface area contributed by atoms with Crippen molar-refractivity contribution in [3.63, 3.8) is 0 Å². The maximum atomic E-state index is 12.9. The highest BCUT2D eigenvalue weighted by Gasteiger charge is 2.35. The summed E-state index contributed by atoms with van der Waals surface area (Å²) in [6.07, 6.45) is -6.18. The van der Waals surface area contributed by atoms with Crippen molar-refractivity contribution in [1.82, 2.24) is 15.3 Å². The highest BCUT2D eigenvalue weighted by Crippen LogP contribution is 2.32. The van der Waals surface area contributed by atoms with Crippen molar-refractivity contribution in [2.75, 3.05) is 5.75 Å².